The first-order valence-corrected chi connectivity index (χ1v) is 7.01. The number of halogens is 1. The van der Waals surface area contributed by atoms with Crippen molar-refractivity contribution in [1.29, 1.82) is 0 Å². The summed E-state index contributed by atoms with van der Waals surface area (Å²) in [6.07, 6.45) is 7.30. The minimum atomic E-state index is -0.834. The summed E-state index contributed by atoms with van der Waals surface area (Å²) in [5.41, 5.74) is 0.402. The van der Waals surface area contributed by atoms with Crippen molar-refractivity contribution in [3.05, 3.63) is 22.4 Å². The number of carboxylic acid groups (broad SMARTS) is 1. The molecule has 1 N–H and O–H groups in total. The Morgan fingerprint density at radius 2 is 2.29 bits per heavy atom. The van der Waals surface area contributed by atoms with Gasteiger partial charge in [-0.3, -0.25) is 0 Å². The molecule has 2 bridgehead atoms. The minimum Gasteiger partial charge on any atom is -0.477 e. The molecule has 1 aromatic heterocycles. The van der Waals surface area contributed by atoms with Gasteiger partial charge in [0.25, 0.3) is 0 Å². The number of aromatic carboxylic acids is 1. The molecule has 0 aliphatic heterocycles. The SMILES string of the molecule is O=C(O)c1cc(Br)cn1CC1CC2CCC1C2. The fraction of sp³-hybridized carbons (Fsp3) is 0.615. The summed E-state index contributed by atoms with van der Waals surface area (Å²) in [7, 11) is 0. The molecular formula is C13H16BrNO2. The summed E-state index contributed by atoms with van der Waals surface area (Å²) in [5, 5.41) is 9.14. The number of rotatable bonds is 3. The molecule has 2 saturated carbocycles. The van der Waals surface area contributed by atoms with Gasteiger partial charge < -0.3 is 9.67 Å². The van der Waals surface area contributed by atoms with Gasteiger partial charge in [0.05, 0.1) is 0 Å². The Kier molecular flexibility index (Phi) is 2.77. The number of aromatic nitrogens is 1. The summed E-state index contributed by atoms with van der Waals surface area (Å²) < 4.78 is 2.76. The van der Waals surface area contributed by atoms with Crippen LogP contribution in [0.3, 0.4) is 0 Å². The zero-order valence-corrected chi connectivity index (χ0v) is 11.2. The first-order chi connectivity index (χ1) is 8.13. The lowest BCUT2D eigenvalue weighted by Crippen LogP contribution is -2.19. The second-order valence-electron chi connectivity index (χ2n) is 5.44. The third-order valence-electron chi connectivity index (χ3n) is 4.40. The van der Waals surface area contributed by atoms with Crippen molar-refractivity contribution in [3.8, 4) is 0 Å². The topological polar surface area (TPSA) is 42.2 Å². The normalized spacial score (nSPS) is 31.0. The van der Waals surface area contributed by atoms with Crippen molar-refractivity contribution >= 4 is 21.9 Å². The van der Waals surface area contributed by atoms with Gasteiger partial charge in [-0.25, -0.2) is 4.79 Å². The number of nitrogens with zero attached hydrogens (tertiary/aromatic N) is 1. The van der Waals surface area contributed by atoms with E-state index in [4.69, 9.17) is 5.11 Å². The molecule has 2 fully saturated rings. The lowest BCUT2D eigenvalue weighted by atomic mass is 9.89. The highest BCUT2D eigenvalue weighted by molar-refractivity contribution is 9.10. The van der Waals surface area contributed by atoms with E-state index in [0.29, 0.717) is 11.6 Å². The molecule has 3 rings (SSSR count). The minimum absolute atomic E-state index is 0.402. The zero-order chi connectivity index (χ0) is 12.0. The molecule has 0 spiro atoms. The van der Waals surface area contributed by atoms with E-state index in [9.17, 15) is 4.79 Å². The Morgan fingerprint density at radius 3 is 2.88 bits per heavy atom. The third kappa shape index (κ3) is 2.03. The molecule has 17 heavy (non-hydrogen) atoms. The maximum Gasteiger partial charge on any atom is 0.352 e. The van der Waals surface area contributed by atoms with Crippen LogP contribution in [0.5, 0.6) is 0 Å². The molecule has 1 aromatic rings. The fourth-order valence-corrected chi connectivity index (χ4v) is 4.12. The van der Waals surface area contributed by atoms with Gasteiger partial charge in [0.15, 0.2) is 0 Å². The molecule has 1 heterocycles. The van der Waals surface area contributed by atoms with Gasteiger partial charge in [0.2, 0.25) is 0 Å². The van der Waals surface area contributed by atoms with Crippen LogP contribution in [0.2, 0.25) is 0 Å². The van der Waals surface area contributed by atoms with E-state index >= 15 is 0 Å². The Morgan fingerprint density at radius 1 is 1.47 bits per heavy atom. The van der Waals surface area contributed by atoms with Crippen LogP contribution in [-0.2, 0) is 6.54 Å². The average Bonchev–Trinajstić information content (AvgIpc) is 2.93. The van der Waals surface area contributed by atoms with E-state index in [2.05, 4.69) is 15.9 Å². The van der Waals surface area contributed by atoms with Gasteiger partial charge in [-0.1, -0.05) is 6.42 Å². The van der Waals surface area contributed by atoms with E-state index in [1.165, 1.54) is 25.7 Å². The van der Waals surface area contributed by atoms with Gasteiger partial charge in [0, 0.05) is 17.2 Å². The molecule has 2 aliphatic rings. The third-order valence-corrected chi connectivity index (χ3v) is 4.83. The number of carbonyl (C=O) groups is 1. The summed E-state index contributed by atoms with van der Waals surface area (Å²) in [4.78, 5) is 11.1. The Labute approximate surface area is 109 Å². The van der Waals surface area contributed by atoms with E-state index < -0.39 is 5.97 Å². The van der Waals surface area contributed by atoms with Gasteiger partial charge in [-0.05, 0) is 59.0 Å². The summed E-state index contributed by atoms with van der Waals surface area (Å²) in [5.74, 6) is 1.60. The number of fused-ring (bicyclic) bond motifs is 2. The molecule has 2 aliphatic carbocycles. The molecule has 3 unspecified atom stereocenters. The highest BCUT2D eigenvalue weighted by atomic mass is 79.9. The van der Waals surface area contributed by atoms with Gasteiger partial charge in [-0.2, -0.15) is 0 Å². The van der Waals surface area contributed by atoms with E-state index in [1.807, 2.05) is 10.8 Å². The first-order valence-electron chi connectivity index (χ1n) is 6.22. The molecule has 0 saturated heterocycles. The number of hydrogen-bond acceptors (Lipinski definition) is 1. The van der Waals surface area contributed by atoms with Crippen molar-refractivity contribution in [3.63, 3.8) is 0 Å². The second kappa shape index (κ2) is 4.16. The standard InChI is InChI=1S/C13H16BrNO2/c14-11-5-12(13(16)17)15(7-11)6-10-4-8-1-2-9(10)3-8/h5,7-10H,1-4,6H2,(H,16,17). The van der Waals surface area contributed by atoms with Gasteiger partial charge in [0.1, 0.15) is 5.69 Å². The van der Waals surface area contributed by atoms with Crippen molar-refractivity contribution < 1.29 is 9.90 Å². The number of hydrogen-bond donors (Lipinski definition) is 1. The highest BCUT2D eigenvalue weighted by Crippen LogP contribution is 2.48. The zero-order valence-electron chi connectivity index (χ0n) is 9.60. The maximum absolute atomic E-state index is 11.1. The quantitative estimate of drug-likeness (QED) is 0.929. The maximum atomic E-state index is 11.1. The first kappa shape index (κ1) is 11.3. The summed E-state index contributed by atoms with van der Waals surface area (Å²) >= 11 is 3.36. The lowest BCUT2D eigenvalue weighted by Gasteiger charge is -2.22. The Hall–Kier alpha value is -0.770. The second-order valence-corrected chi connectivity index (χ2v) is 6.35. The Balaban J connectivity index is 1.79. The van der Waals surface area contributed by atoms with E-state index in [-0.39, 0.29) is 0 Å². The van der Waals surface area contributed by atoms with Crippen LogP contribution < -0.4 is 0 Å². The molecule has 0 amide bonds. The largest absolute Gasteiger partial charge is 0.477 e. The van der Waals surface area contributed by atoms with Crippen molar-refractivity contribution in [2.45, 2.75) is 32.2 Å². The van der Waals surface area contributed by atoms with Crippen molar-refractivity contribution in [2.75, 3.05) is 0 Å². The van der Waals surface area contributed by atoms with Crippen LogP contribution in [0, 0.1) is 17.8 Å². The Bertz CT molecular complexity index is 454. The van der Waals surface area contributed by atoms with Crippen LogP contribution in [0.1, 0.15) is 36.2 Å². The smallest absolute Gasteiger partial charge is 0.352 e. The fourth-order valence-electron chi connectivity index (χ4n) is 3.66. The van der Waals surface area contributed by atoms with Gasteiger partial charge >= 0.3 is 5.97 Å². The summed E-state index contributed by atoms with van der Waals surface area (Å²) in [6, 6.07) is 1.69. The molecule has 0 radical (unpaired) electrons. The highest BCUT2D eigenvalue weighted by Gasteiger charge is 2.39. The molecule has 0 aromatic carbocycles. The lowest BCUT2D eigenvalue weighted by molar-refractivity contribution is 0.0683. The van der Waals surface area contributed by atoms with E-state index in [0.717, 1.165) is 22.9 Å². The monoisotopic (exact) mass is 297 g/mol. The van der Waals surface area contributed by atoms with Crippen LogP contribution >= 0.6 is 15.9 Å². The van der Waals surface area contributed by atoms with Crippen LogP contribution in [0.15, 0.2) is 16.7 Å². The summed E-state index contributed by atoms with van der Waals surface area (Å²) in [6.45, 7) is 0.869. The van der Waals surface area contributed by atoms with Gasteiger partial charge in [-0.15, -0.1) is 0 Å². The van der Waals surface area contributed by atoms with Crippen LogP contribution in [-0.4, -0.2) is 15.6 Å². The molecule has 3 nitrogen and oxygen atoms in total. The molecule has 4 heteroatoms. The predicted molar refractivity (Wildman–Crippen MR) is 68.0 cm³/mol. The molecule has 92 valence electrons. The number of carboxylic acids is 1. The predicted octanol–water partition coefficient (Wildman–Crippen LogP) is 3.39. The van der Waals surface area contributed by atoms with Crippen molar-refractivity contribution in [2.24, 2.45) is 17.8 Å². The van der Waals surface area contributed by atoms with Crippen molar-refractivity contribution in [1.82, 2.24) is 4.57 Å². The van der Waals surface area contributed by atoms with E-state index in [1.54, 1.807) is 6.07 Å². The molecular weight excluding hydrogens is 282 g/mol. The average molecular weight is 298 g/mol. The van der Waals surface area contributed by atoms with Crippen LogP contribution in [0.25, 0.3) is 0 Å². The van der Waals surface area contributed by atoms with Crippen LogP contribution in [0.4, 0.5) is 0 Å². The molecule has 3 atom stereocenters.